The quantitative estimate of drug-likeness (QED) is 0.489. The van der Waals surface area contributed by atoms with Gasteiger partial charge in [-0.15, -0.1) is 0 Å². The van der Waals surface area contributed by atoms with Gasteiger partial charge in [0.1, 0.15) is 0 Å². The minimum absolute atomic E-state index is 0.110. The molecule has 0 fully saturated rings. The zero-order valence-corrected chi connectivity index (χ0v) is 6.71. The first-order valence-electron chi connectivity index (χ1n) is 2.60. The second-order valence-electron chi connectivity index (χ2n) is 1.73. The Labute approximate surface area is 68.8 Å². The molecule has 0 N–H and O–H groups in total. The Morgan fingerprint density at radius 1 is 1.20 bits per heavy atom. The van der Waals surface area contributed by atoms with Gasteiger partial charge >= 0.3 is 0 Å². The molecule has 2 nitrogen and oxygen atoms in total. The molecule has 0 aromatic rings. The smallest absolute Gasteiger partial charge is 0.247 e. The highest BCUT2D eigenvalue weighted by Crippen LogP contribution is 2.07. The Balaban J connectivity index is 3.60. The van der Waals surface area contributed by atoms with Gasteiger partial charge in [0.2, 0.25) is 10.5 Å². The number of carbonyl (C=O) groups is 2. The van der Waals surface area contributed by atoms with Crippen molar-refractivity contribution in [3.8, 4) is 0 Å². The number of rotatable bonds is 4. The van der Waals surface area contributed by atoms with E-state index < -0.39 is 10.5 Å². The van der Waals surface area contributed by atoms with E-state index in [9.17, 15) is 9.59 Å². The molecule has 0 aliphatic heterocycles. The van der Waals surface area contributed by atoms with Crippen LogP contribution in [0.15, 0.2) is 12.2 Å². The molecule has 0 heterocycles. The van der Waals surface area contributed by atoms with Crippen LogP contribution in [0.25, 0.3) is 0 Å². The van der Waals surface area contributed by atoms with Gasteiger partial charge in [0, 0.05) is 12.0 Å². The third-order valence-electron chi connectivity index (χ3n) is 0.901. The summed E-state index contributed by atoms with van der Waals surface area (Å²) in [7, 11) is 0. The summed E-state index contributed by atoms with van der Waals surface area (Å²) in [5.74, 6) is 0. The van der Waals surface area contributed by atoms with Crippen LogP contribution < -0.4 is 0 Å². The molecule has 0 saturated heterocycles. The molecule has 56 valence electrons. The van der Waals surface area contributed by atoms with Crippen LogP contribution in [0.3, 0.4) is 0 Å². The van der Waals surface area contributed by atoms with Crippen LogP contribution in [0.2, 0.25) is 0 Å². The molecule has 0 unspecified atom stereocenters. The maximum atomic E-state index is 10.3. The SMILES string of the molecule is C=C(CCC(=O)Cl)C(=O)Cl. The van der Waals surface area contributed by atoms with Crippen molar-refractivity contribution in [1.29, 1.82) is 0 Å². The minimum atomic E-state index is -0.613. The molecule has 0 rings (SSSR count). The zero-order chi connectivity index (χ0) is 8.15. The number of carbonyl (C=O) groups excluding carboxylic acids is 2. The van der Waals surface area contributed by atoms with Gasteiger partial charge in [-0.3, -0.25) is 9.59 Å². The number of hydrogen-bond acceptors (Lipinski definition) is 2. The maximum Gasteiger partial charge on any atom is 0.247 e. The molecule has 0 aromatic carbocycles. The fourth-order valence-electron chi connectivity index (χ4n) is 0.347. The summed E-state index contributed by atoms with van der Waals surface area (Å²) >= 11 is 10.0. The van der Waals surface area contributed by atoms with Crippen molar-refractivity contribution >= 4 is 33.7 Å². The van der Waals surface area contributed by atoms with Crippen molar-refractivity contribution in [2.45, 2.75) is 12.8 Å². The summed E-state index contributed by atoms with van der Waals surface area (Å²) in [6.45, 7) is 3.33. The van der Waals surface area contributed by atoms with E-state index in [2.05, 4.69) is 6.58 Å². The van der Waals surface area contributed by atoms with Gasteiger partial charge in [0.25, 0.3) is 0 Å². The molecular formula is C6H6Cl2O2. The van der Waals surface area contributed by atoms with E-state index in [4.69, 9.17) is 23.2 Å². The number of hydrogen-bond donors (Lipinski definition) is 0. The average molecular weight is 181 g/mol. The molecule has 0 bridgehead atoms. The van der Waals surface area contributed by atoms with Gasteiger partial charge in [0.15, 0.2) is 0 Å². The van der Waals surface area contributed by atoms with Crippen LogP contribution in [0.1, 0.15) is 12.8 Å². The van der Waals surface area contributed by atoms with Crippen molar-refractivity contribution in [3.63, 3.8) is 0 Å². The first-order chi connectivity index (χ1) is 4.54. The van der Waals surface area contributed by atoms with Crippen molar-refractivity contribution in [2.24, 2.45) is 0 Å². The Morgan fingerprint density at radius 2 is 1.70 bits per heavy atom. The van der Waals surface area contributed by atoms with E-state index in [0.717, 1.165) is 0 Å². The standard InChI is InChI=1S/C6H6Cl2O2/c1-4(6(8)10)2-3-5(7)9/h1-3H2. The van der Waals surface area contributed by atoms with Gasteiger partial charge in [-0.1, -0.05) is 6.58 Å². The van der Waals surface area contributed by atoms with Gasteiger partial charge in [-0.25, -0.2) is 0 Å². The zero-order valence-electron chi connectivity index (χ0n) is 5.19. The molecule has 0 radical (unpaired) electrons. The predicted molar refractivity (Wildman–Crippen MR) is 40.1 cm³/mol. The average Bonchev–Trinajstić information content (AvgIpc) is 1.82. The van der Waals surface area contributed by atoms with Crippen LogP contribution >= 0.6 is 23.2 Å². The molecule has 0 atom stereocenters. The number of allylic oxidation sites excluding steroid dienone is 1. The van der Waals surface area contributed by atoms with Gasteiger partial charge in [-0.05, 0) is 29.6 Å². The van der Waals surface area contributed by atoms with Crippen molar-refractivity contribution in [1.82, 2.24) is 0 Å². The van der Waals surface area contributed by atoms with E-state index >= 15 is 0 Å². The van der Waals surface area contributed by atoms with E-state index in [0.29, 0.717) is 0 Å². The fourth-order valence-corrected chi connectivity index (χ4v) is 0.536. The lowest BCUT2D eigenvalue weighted by molar-refractivity contribution is -0.111. The van der Waals surface area contributed by atoms with Gasteiger partial charge in [-0.2, -0.15) is 0 Å². The van der Waals surface area contributed by atoms with E-state index in [1.165, 1.54) is 0 Å². The summed E-state index contributed by atoms with van der Waals surface area (Å²) < 4.78 is 0. The van der Waals surface area contributed by atoms with E-state index in [1.807, 2.05) is 0 Å². The van der Waals surface area contributed by atoms with Crippen LogP contribution in [-0.2, 0) is 9.59 Å². The first kappa shape index (κ1) is 9.66. The lowest BCUT2D eigenvalue weighted by Gasteiger charge is -1.93. The number of halogens is 2. The van der Waals surface area contributed by atoms with Crippen molar-refractivity contribution in [2.75, 3.05) is 0 Å². The third-order valence-corrected chi connectivity index (χ3v) is 1.36. The summed E-state index contributed by atoms with van der Waals surface area (Å²) in [6.07, 6.45) is 0.351. The molecule has 0 saturated carbocycles. The van der Waals surface area contributed by atoms with E-state index in [-0.39, 0.29) is 18.4 Å². The predicted octanol–water partition coefficient (Wildman–Crippen LogP) is 1.85. The Bertz CT molecular complexity index is 175. The summed E-state index contributed by atoms with van der Waals surface area (Å²) in [5, 5.41) is -1.10. The molecule has 0 amide bonds. The lowest BCUT2D eigenvalue weighted by atomic mass is 10.2. The second kappa shape index (κ2) is 4.47. The second-order valence-corrected chi connectivity index (χ2v) is 2.50. The van der Waals surface area contributed by atoms with E-state index in [1.54, 1.807) is 0 Å². The highest BCUT2D eigenvalue weighted by Gasteiger charge is 2.04. The van der Waals surface area contributed by atoms with Crippen LogP contribution in [-0.4, -0.2) is 10.5 Å². The van der Waals surface area contributed by atoms with Gasteiger partial charge in [0.05, 0.1) is 0 Å². The molecule has 0 aromatic heterocycles. The summed E-state index contributed by atoms with van der Waals surface area (Å²) in [4.78, 5) is 20.4. The largest absolute Gasteiger partial charge is 0.281 e. The highest BCUT2D eigenvalue weighted by molar-refractivity contribution is 6.67. The normalized spacial score (nSPS) is 9.00. The summed E-state index contributed by atoms with van der Waals surface area (Å²) in [5.41, 5.74) is 0.218. The molecule has 0 aliphatic carbocycles. The third kappa shape index (κ3) is 4.53. The Morgan fingerprint density at radius 3 is 2.00 bits per heavy atom. The molecule has 0 spiro atoms. The van der Waals surface area contributed by atoms with Crippen LogP contribution in [0, 0.1) is 0 Å². The molecule has 4 heteroatoms. The van der Waals surface area contributed by atoms with Crippen LogP contribution in [0.4, 0.5) is 0 Å². The van der Waals surface area contributed by atoms with Crippen molar-refractivity contribution in [3.05, 3.63) is 12.2 Å². The topological polar surface area (TPSA) is 34.1 Å². The molecule has 0 aliphatic rings. The maximum absolute atomic E-state index is 10.3. The highest BCUT2D eigenvalue weighted by atomic mass is 35.5. The Kier molecular flexibility index (Phi) is 4.32. The van der Waals surface area contributed by atoms with Gasteiger partial charge < -0.3 is 0 Å². The molecule has 10 heavy (non-hydrogen) atoms. The minimum Gasteiger partial charge on any atom is -0.281 e. The summed E-state index contributed by atoms with van der Waals surface area (Å²) in [6, 6.07) is 0. The molecular weight excluding hydrogens is 175 g/mol. The van der Waals surface area contributed by atoms with Crippen LogP contribution in [0.5, 0.6) is 0 Å². The Hall–Kier alpha value is -0.340. The lowest BCUT2D eigenvalue weighted by Crippen LogP contribution is -1.94. The monoisotopic (exact) mass is 180 g/mol. The van der Waals surface area contributed by atoms with Crippen molar-refractivity contribution < 1.29 is 9.59 Å². The fraction of sp³-hybridized carbons (Fsp3) is 0.333. The first-order valence-corrected chi connectivity index (χ1v) is 3.35.